The molecule has 2 saturated heterocycles. The third-order valence-corrected chi connectivity index (χ3v) is 7.11. The summed E-state index contributed by atoms with van der Waals surface area (Å²) < 4.78 is 20.9. The Kier molecular flexibility index (Phi) is 7.23. The van der Waals surface area contributed by atoms with Crippen LogP contribution >= 0.6 is 0 Å². The first-order valence-electron chi connectivity index (χ1n) is 12.2. The van der Waals surface area contributed by atoms with E-state index in [1.165, 1.54) is 11.0 Å². The van der Waals surface area contributed by atoms with Crippen LogP contribution in [0.25, 0.3) is 0 Å². The first-order chi connectivity index (χ1) is 15.9. The van der Waals surface area contributed by atoms with Crippen molar-refractivity contribution >= 4 is 17.3 Å². The van der Waals surface area contributed by atoms with Crippen LogP contribution in [0.1, 0.15) is 50.4 Å². The zero-order chi connectivity index (χ0) is 23.5. The minimum atomic E-state index is -0.268. The fraction of sp³-hybridized carbons (Fsp3) is 0.519. The lowest BCUT2D eigenvalue weighted by Gasteiger charge is -2.29. The minimum absolute atomic E-state index is 0.174. The third-order valence-electron chi connectivity index (χ3n) is 7.11. The number of ether oxygens (including phenoxy) is 1. The van der Waals surface area contributed by atoms with Crippen molar-refractivity contribution in [2.45, 2.75) is 52.1 Å². The van der Waals surface area contributed by atoms with E-state index in [2.05, 4.69) is 30.6 Å². The largest absolute Gasteiger partial charge is 0.494 e. The molecule has 2 aromatic carbocycles. The summed E-state index contributed by atoms with van der Waals surface area (Å²) in [6.45, 7) is 10.2. The van der Waals surface area contributed by atoms with Crippen molar-refractivity contribution in [2.24, 2.45) is 5.92 Å². The maximum atomic E-state index is 15.2. The average Bonchev–Trinajstić information content (AvgIpc) is 3.40. The molecular formula is C27H36FN3O2. The van der Waals surface area contributed by atoms with Crippen LogP contribution in [0, 0.1) is 11.7 Å². The van der Waals surface area contributed by atoms with E-state index < -0.39 is 0 Å². The number of likely N-dealkylation sites (tertiary alicyclic amines) is 1. The van der Waals surface area contributed by atoms with Crippen LogP contribution in [0.5, 0.6) is 5.75 Å². The van der Waals surface area contributed by atoms with Gasteiger partial charge in [-0.25, -0.2) is 4.39 Å². The molecule has 0 saturated carbocycles. The summed E-state index contributed by atoms with van der Waals surface area (Å²) in [6.07, 6.45) is 3.18. The van der Waals surface area contributed by atoms with E-state index in [4.69, 9.17) is 4.74 Å². The Labute approximate surface area is 197 Å². The molecule has 0 bridgehead atoms. The van der Waals surface area contributed by atoms with Gasteiger partial charge < -0.3 is 14.5 Å². The maximum absolute atomic E-state index is 15.2. The summed E-state index contributed by atoms with van der Waals surface area (Å²) in [5, 5.41) is 0. The Hall–Kier alpha value is -2.60. The van der Waals surface area contributed by atoms with Gasteiger partial charge in [0.2, 0.25) is 0 Å². The molecule has 33 heavy (non-hydrogen) atoms. The first kappa shape index (κ1) is 23.6. The van der Waals surface area contributed by atoms with Gasteiger partial charge in [0.1, 0.15) is 11.6 Å². The number of rotatable bonds is 8. The summed E-state index contributed by atoms with van der Waals surface area (Å²) in [5.74, 6) is 0.914. The van der Waals surface area contributed by atoms with Crippen molar-refractivity contribution in [2.75, 3.05) is 43.1 Å². The third kappa shape index (κ3) is 5.01. The van der Waals surface area contributed by atoms with E-state index in [-0.39, 0.29) is 11.7 Å². The number of halogens is 1. The van der Waals surface area contributed by atoms with Gasteiger partial charge in [0.05, 0.1) is 12.3 Å². The Morgan fingerprint density at radius 3 is 2.61 bits per heavy atom. The predicted octanol–water partition coefficient (Wildman–Crippen LogP) is 5.20. The lowest BCUT2D eigenvalue weighted by Crippen LogP contribution is -2.37. The number of carbonyl (C=O) groups excluding carboxylic acids is 1. The van der Waals surface area contributed by atoms with Crippen molar-refractivity contribution in [1.29, 1.82) is 0 Å². The molecule has 0 N–H and O–H groups in total. The zero-order valence-corrected chi connectivity index (χ0v) is 20.3. The Morgan fingerprint density at radius 1 is 1.18 bits per heavy atom. The van der Waals surface area contributed by atoms with Crippen molar-refractivity contribution < 1.29 is 13.9 Å². The van der Waals surface area contributed by atoms with Gasteiger partial charge in [-0.3, -0.25) is 9.69 Å². The van der Waals surface area contributed by atoms with E-state index in [9.17, 15) is 4.79 Å². The lowest BCUT2D eigenvalue weighted by atomic mass is 10.0. The molecule has 178 valence electrons. The molecule has 0 unspecified atom stereocenters. The number of nitrogens with zero attached hydrogens (tertiary/aromatic N) is 3. The molecule has 0 spiro atoms. The summed E-state index contributed by atoms with van der Waals surface area (Å²) in [7, 11) is 1.69. The van der Waals surface area contributed by atoms with Gasteiger partial charge in [-0.15, -0.1) is 0 Å². The normalized spacial score (nSPS) is 20.4. The van der Waals surface area contributed by atoms with Gasteiger partial charge in [-0.1, -0.05) is 13.3 Å². The van der Waals surface area contributed by atoms with Gasteiger partial charge in [0, 0.05) is 50.0 Å². The van der Waals surface area contributed by atoms with Crippen LogP contribution in [0.3, 0.4) is 0 Å². The van der Waals surface area contributed by atoms with Crippen molar-refractivity contribution in [3.63, 3.8) is 0 Å². The van der Waals surface area contributed by atoms with Gasteiger partial charge in [-0.05, 0) is 75.1 Å². The Bertz CT molecular complexity index is 962. The lowest BCUT2D eigenvalue weighted by molar-refractivity contribution is 0.0993. The van der Waals surface area contributed by atoms with E-state index in [1.54, 1.807) is 19.2 Å². The van der Waals surface area contributed by atoms with Crippen LogP contribution in [-0.4, -0.2) is 56.2 Å². The topological polar surface area (TPSA) is 36.0 Å². The minimum Gasteiger partial charge on any atom is -0.494 e. The number of anilines is 2. The average molecular weight is 454 g/mol. The van der Waals surface area contributed by atoms with Crippen molar-refractivity contribution in [3.8, 4) is 5.75 Å². The second-order valence-electron chi connectivity index (χ2n) is 9.58. The highest BCUT2D eigenvalue weighted by atomic mass is 19.1. The molecule has 2 fully saturated rings. The molecular weight excluding hydrogens is 417 g/mol. The number of carbonyl (C=O) groups is 1. The van der Waals surface area contributed by atoms with E-state index in [0.29, 0.717) is 41.5 Å². The van der Waals surface area contributed by atoms with Crippen LogP contribution in [-0.2, 0) is 0 Å². The first-order valence-corrected chi connectivity index (χ1v) is 12.2. The van der Waals surface area contributed by atoms with Crippen LogP contribution in [0.4, 0.5) is 15.8 Å². The van der Waals surface area contributed by atoms with Gasteiger partial charge in [-0.2, -0.15) is 0 Å². The highest BCUT2D eigenvalue weighted by Crippen LogP contribution is 2.37. The number of fused-ring (bicyclic) bond motifs is 1. The van der Waals surface area contributed by atoms with Crippen molar-refractivity contribution in [1.82, 2.24) is 4.90 Å². The molecule has 2 atom stereocenters. The number of hydrogen-bond donors (Lipinski definition) is 0. The Balaban J connectivity index is 1.44. The quantitative estimate of drug-likeness (QED) is 0.515. The predicted molar refractivity (Wildman–Crippen MR) is 132 cm³/mol. The van der Waals surface area contributed by atoms with Crippen molar-refractivity contribution in [3.05, 3.63) is 53.8 Å². The molecule has 4 rings (SSSR count). The number of amides is 1. The van der Waals surface area contributed by atoms with Crippen LogP contribution in [0.15, 0.2) is 42.5 Å². The smallest absolute Gasteiger partial charge is 0.258 e. The van der Waals surface area contributed by atoms with Gasteiger partial charge in [0.25, 0.3) is 5.91 Å². The molecule has 0 aliphatic carbocycles. The molecule has 1 amide bonds. The van der Waals surface area contributed by atoms with Gasteiger partial charge >= 0.3 is 0 Å². The summed E-state index contributed by atoms with van der Waals surface area (Å²) in [4.78, 5) is 19.2. The second kappa shape index (κ2) is 10.1. The van der Waals surface area contributed by atoms with Crippen LogP contribution in [0.2, 0.25) is 0 Å². The zero-order valence-electron chi connectivity index (χ0n) is 20.3. The molecule has 2 heterocycles. The maximum Gasteiger partial charge on any atom is 0.258 e. The molecule has 0 radical (unpaired) electrons. The second-order valence-corrected chi connectivity index (χ2v) is 9.58. The van der Waals surface area contributed by atoms with E-state index in [1.807, 2.05) is 24.3 Å². The highest BCUT2D eigenvalue weighted by Gasteiger charge is 2.42. The molecule has 2 aliphatic rings. The molecule has 5 nitrogen and oxygen atoms in total. The molecule has 2 aromatic rings. The summed E-state index contributed by atoms with van der Waals surface area (Å²) in [6, 6.07) is 13.2. The monoisotopic (exact) mass is 453 g/mol. The standard InChI is InChI=1S/C27H36FN3O2/c1-5-6-15-33-23-10-7-20(8-11-23)27(32)29(4)22-9-12-25(24(28)16-22)31-14-13-21-17-30(19(2)3)18-26(21)31/h7-12,16,19,21,26H,5-6,13-15,17-18H2,1-4H3/t21-,26+/m1/s1. The summed E-state index contributed by atoms with van der Waals surface area (Å²) >= 11 is 0. The van der Waals surface area contributed by atoms with E-state index in [0.717, 1.165) is 44.6 Å². The van der Waals surface area contributed by atoms with E-state index >= 15 is 4.39 Å². The molecule has 0 aromatic heterocycles. The Morgan fingerprint density at radius 2 is 1.94 bits per heavy atom. The number of benzene rings is 2. The molecule has 6 heteroatoms. The molecule has 2 aliphatic heterocycles. The van der Waals surface area contributed by atoms with Crippen LogP contribution < -0.4 is 14.5 Å². The number of unbranched alkanes of at least 4 members (excludes halogenated alkanes) is 1. The fourth-order valence-electron chi connectivity index (χ4n) is 4.99. The highest BCUT2D eigenvalue weighted by molar-refractivity contribution is 6.05. The summed E-state index contributed by atoms with van der Waals surface area (Å²) in [5.41, 5.74) is 1.74. The number of hydrogen-bond acceptors (Lipinski definition) is 4. The van der Waals surface area contributed by atoms with Gasteiger partial charge in [0.15, 0.2) is 0 Å². The SMILES string of the molecule is CCCCOc1ccc(C(=O)N(C)c2ccc(N3CC[C@@H]4CN(C(C)C)C[C@@H]43)c(F)c2)cc1. The fourth-order valence-corrected chi connectivity index (χ4v) is 4.99.